The highest BCUT2D eigenvalue weighted by molar-refractivity contribution is 6.11. The molecule has 0 radical (unpaired) electrons. The first-order valence-electron chi connectivity index (χ1n) is 9.23. The lowest BCUT2D eigenvalue weighted by Gasteiger charge is -2.09. The van der Waals surface area contributed by atoms with Gasteiger partial charge in [0, 0.05) is 11.1 Å². The molecule has 0 spiro atoms. The second kappa shape index (κ2) is 5.21. The molecular formula is C26H17N. The van der Waals surface area contributed by atoms with E-state index in [-0.39, 0.29) is 0 Å². The van der Waals surface area contributed by atoms with E-state index in [1.807, 2.05) is 12.1 Å². The van der Waals surface area contributed by atoms with Gasteiger partial charge in [-0.1, -0.05) is 36.4 Å². The Morgan fingerprint density at radius 1 is 0.370 bits per heavy atom. The zero-order valence-corrected chi connectivity index (χ0v) is 14.7. The number of hydrogen-bond donors (Lipinski definition) is 1. The predicted octanol–water partition coefficient (Wildman–Crippen LogP) is 7.03. The van der Waals surface area contributed by atoms with E-state index in [4.69, 9.17) is 5.73 Å². The van der Waals surface area contributed by atoms with Gasteiger partial charge in [0.25, 0.3) is 0 Å². The van der Waals surface area contributed by atoms with Gasteiger partial charge in [0.2, 0.25) is 0 Å². The standard InChI is InChI=1S/C26H17N/c27-26-7-3-6-18-10-21-13-22-11-19-8-16-4-1-2-5-17(16)9-20(19)12-23(22)14-24(21)15-25(18)26/h1-15H,27H2. The van der Waals surface area contributed by atoms with Gasteiger partial charge in [0.15, 0.2) is 0 Å². The highest BCUT2D eigenvalue weighted by Gasteiger charge is 2.05. The van der Waals surface area contributed by atoms with Crippen molar-refractivity contribution in [3.05, 3.63) is 91.0 Å². The SMILES string of the molecule is Nc1cccc2cc3cc4cc5cc6ccccc6cc5cc4cc3cc12. The van der Waals surface area contributed by atoms with Crippen molar-refractivity contribution in [3.8, 4) is 0 Å². The van der Waals surface area contributed by atoms with Gasteiger partial charge in [-0.25, -0.2) is 0 Å². The molecule has 0 aliphatic rings. The van der Waals surface area contributed by atoms with Crippen LogP contribution < -0.4 is 5.73 Å². The van der Waals surface area contributed by atoms with Crippen molar-refractivity contribution in [1.29, 1.82) is 0 Å². The quantitative estimate of drug-likeness (QED) is 0.232. The molecule has 0 amide bonds. The number of benzene rings is 6. The van der Waals surface area contributed by atoms with E-state index in [0.717, 1.165) is 11.1 Å². The van der Waals surface area contributed by atoms with Crippen LogP contribution in [-0.4, -0.2) is 0 Å². The van der Waals surface area contributed by atoms with E-state index in [1.54, 1.807) is 0 Å². The summed E-state index contributed by atoms with van der Waals surface area (Å²) in [6.07, 6.45) is 0. The average Bonchev–Trinajstić information content (AvgIpc) is 2.68. The van der Waals surface area contributed by atoms with Gasteiger partial charge in [-0.15, -0.1) is 0 Å². The Morgan fingerprint density at radius 2 is 0.778 bits per heavy atom. The van der Waals surface area contributed by atoms with Crippen LogP contribution >= 0.6 is 0 Å². The molecule has 1 nitrogen and oxygen atoms in total. The molecule has 0 bridgehead atoms. The van der Waals surface area contributed by atoms with Crippen molar-refractivity contribution in [2.45, 2.75) is 0 Å². The van der Waals surface area contributed by atoms with E-state index in [9.17, 15) is 0 Å². The maximum absolute atomic E-state index is 6.19. The van der Waals surface area contributed by atoms with Gasteiger partial charge in [0.1, 0.15) is 0 Å². The summed E-state index contributed by atoms with van der Waals surface area (Å²) < 4.78 is 0. The van der Waals surface area contributed by atoms with Crippen LogP contribution in [0.15, 0.2) is 91.0 Å². The van der Waals surface area contributed by atoms with Gasteiger partial charge in [-0.3, -0.25) is 0 Å². The van der Waals surface area contributed by atoms with Crippen molar-refractivity contribution in [2.75, 3.05) is 5.73 Å². The van der Waals surface area contributed by atoms with E-state index < -0.39 is 0 Å². The van der Waals surface area contributed by atoms with Crippen molar-refractivity contribution < 1.29 is 0 Å². The third-order valence-corrected chi connectivity index (χ3v) is 5.65. The fourth-order valence-corrected chi connectivity index (χ4v) is 4.25. The van der Waals surface area contributed by atoms with Crippen molar-refractivity contribution in [2.24, 2.45) is 0 Å². The molecule has 0 saturated heterocycles. The Hall–Kier alpha value is -3.58. The maximum atomic E-state index is 6.19. The largest absolute Gasteiger partial charge is 0.398 e. The monoisotopic (exact) mass is 343 g/mol. The normalized spacial score (nSPS) is 11.9. The average molecular weight is 343 g/mol. The lowest BCUT2D eigenvalue weighted by atomic mass is 9.96. The molecule has 0 aliphatic carbocycles. The lowest BCUT2D eigenvalue weighted by molar-refractivity contribution is 1.76. The van der Waals surface area contributed by atoms with Crippen LogP contribution in [0.25, 0.3) is 53.9 Å². The summed E-state index contributed by atoms with van der Waals surface area (Å²) in [6, 6.07) is 32.9. The van der Waals surface area contributed by atoms with Crippen LogP contribution in [0.1, 0.15) is 0 Å². The minimum Gasteiger partial charge on any atom is -0.398 e. The summed E-state index contributed by atoms with van der Waals surface area (Å²) in [6.45, 7) is 0. The summed E-state index contributed by atoms with van der Waals surface area (Å²) in [5.41, 5.74) is 7.02. The van der Waals surface area contributed by atoms with Crippen LogP contribution in [-0.2, 0) is 0 Å². The number of anilines is 1. The Bertz CT molecular complexity index is 1530. The number of fused-ring (bicyclic) bond motifs is 5. The Labute approximate surface area is 156 Å². The third kappa shape index (κ3) is 2.18. The molecule has 6 rings (SSSR count). The topological polar surface area (TPSA) is 26.0 Å². The number of rotatable bonds is 0. The molecule has 27 heavy (non-hydrogen) atoms. The molecule has 0 heterocycles. The molecule has 126 valence electrons. The summed E-state index contributed by atoms with van der Waals surface area (Å²) in [5, 5.41) is 12.5. The molecule has 0 unspecified atom stereocenters. The number of nitrogen functional groups attached to an aromatic ring is 1. The first-order valence-corrected chi connectivity index (χ1v) is 9.23. The van der Waals surface area contributed by atoms with Crippen LogP contribution in [0, 0.1) is 0 Å². The molecule has 0 aromatic heterocycles. The van der Waals surface area contributed by atoms with Gasteiger partial charge >= 0.3 is 0 Å². The zero-order valence-electron chi connectivity index (χ0n) is 14.7. The predicted molar refractivity (Wildman–Crippen MR) is 118 cm³/mol. The molecule has 0 atom stereocenters. The lowest BCUT2D eigenvalue weighted by Crippen LogP contribution is -1.87. The molecule has 0 fully saturated rings. The van der Waals surface area contributed by atoms with Crippen molar-refractivity contribution in [3.63, 3.8) is 0 Å². The first kappa shape index (κ1) is 14.6. The van der Waals surface area contributed by atoms with Crippen LogP contribution in [0.3, 0.4) is 0 Å². The fraction of sp³-hybridized carbons (Fsp3) is 0. The van der Waals surface area contributed by atoms with Gasteiger partial charge in [0.05, 0.1) is 0 Å². The fourth-order valence-electron chi connectivity index (χ4n) is 4.25. The Balaban J connectivity index is 1.71. The van der Waals surface area contributed by atoms with E-state index in [2.05, 4.69) is 78.9 Å². The minimum absolute atomic E-state index is 0.833. The van der Waals surface area contributed by atoms with E-state index >= 15 is 0 Å². The molecule has 2 N–H and O–H groups in total. The highest BCUT2D eigenvalue weighted by atomic mass is 14.5. The van der Waals surface area contributed by atoms with Gasteiger partial charge in [-0.2, -0.15) is 0 Å². The third-order valence-electron chi connectivity index (χ3n) is 5.65. The molecule has 1 heteroatoms. The first-order chi connectivity index (χ1) is 13.2. The maximum Gasteiger partial charge on any atom is 0.0393 e. The van der Waals surface area contributed by atoms with E-state index in [0.29, 0.717) is 0 Å². The minimum atomic E-state index is 0.833. The van der Waals surface area contributed by atoms with Crippen LogP contribution in [0.5, 0.6) is 0 Å². The van der Waals surface area contributed by atoms with Crippen molar-refractivity contribution >= 4 is 59.5 Å². The summed E-state index contributed by atoms with van der Waals surface area (Å²) in [7, 11) is 0. The highest BCUT2D eigenvalue weighted by Crippen LogP contribution is 2.33. The number of nitrogens with two attached hydrogens (primary N) is 1. The summed E-state index contributed by atoms with van der Waals surface area (Å²) in [4.78, 5) is 0. The van der Waals surface area contributed by atoms with E-state index in [1.165, 1.54) is 48.5 Å². The van der Waals surface area contributed by atoms with Crippen LogP contribution in [0.2, 0.25) is 0 Å². The zero-order chi connectivity index (χ0) is 18.0. The Morgan fingerprint density at radius 3 is 1.33 bits per heavy atom. The smallest absolute Gasteiger partial charge is 0.0393 e. The summed E-state index contributed by atoms with van der Waals surface area (Å²) >= 11 is 0. The molecule has 6 aromatic carbocycles. The molecular weight excluding hydrogens is 326 g/mol. The Kier molecular flexibility index (Phi) is 2.81. The van der Waals surface area contributed by atoms with Gasteiger partial charge < -0.3 is 5.73 Å². The summed E-state index contributed by atoms with van der Waals surface area (Å²) in [5.74, 6) is 0. The molecule has 6 aromatic rings. The number of hydrogen-bond acceptors (Lipinski definition) is 1. The van der Waals surface area contributed by atoms with Crippen LogP contribution in [0.4, 0.5) is 5.69 Å². The molecule has 0 saturated carbocycles. The van der Waals surface area contributed by atoms with Crippen molar-refractivity contribution in [1.82, 2.24) is 0 Å². The second-order valence-electron chi connectivity index (χ2n) is 7.37. The molecule has 0 aliphatic heterocycles. The van der Waals surface area contributed by atoms with Gasteiger partial charge in [-0.05, 0) is 103 Å². The second-order valence-corrected chi connectivity index (χ2v) is 7.37.